The molecule has 3 nitrogen and oxygen atoms in total. The van der Waals surface area contributed by atoms with Crippen molar-refractivity contribution in [1.29, 1.82) is 0 Å². The van der Waals surface area contributed by atoms with Crippen molar-refractivity contribution in [3.05, 3.63) is 12.7 Å². The first kappa shape index (κ1) is 10.2. The number of hydrogen-bond donors (Lipinski definition) is 0. The molecule has 1 atom stereocenters. The lowest BCUT2D eigenvalue weighted by Gasteiger charge is -2.11. The summed E-state index contributed by atoms with van der Waals surface area (Å²) < 4.78 is 9.86. The topological polar surface area (TPSA) is 35.5 Å². The third kappa shape index (κ3) is 5.61. The van der Waals surface area contributed by atoms with E-state index in [1.165, 1.54) is 6.92 Å². The summed E-state index contributed by atoms with van der Waals surface area (Å²) >= 11 is 0. The zero-order chi connectivity index (χ0) is 8.69. The highest BCUT2D eigenvalue weighted by molar-refractivity contribution is 5.65. The van der Waals surface area contributed by atoms with Gasteiger partial charge in [0.25, 0.3) is 0 Å². The predicted molar refractivity (Wildman–Crippen MR) is 42.2 cm³/mol. The molecule has 0 amide bonds. The van der Waals surface area contributed by atoms with E-state index in [0.29, 0.717) is 6.61 Å². The van der Waals surface area contributed by atoms with Crippen molar-refractivity contribution in [3.63, 3.8) is 0 Å². The SMILES string of the molecule is C=CC(COC(C)=O)OCC. The van der Waals surface area contributed by atoms with Crippen molar-refractivity contribution in [2.75, 3.05) is 13.2 Å². The molecule has 0 rings (SSSR count). The van der Waals surface area contributed by atoms with Crippen LogP contribution in [-0.4, -0.2) is 25.3 Å². The van der Waals surface area contributed by atoms with E-state index in [2.05, 4.69) is 6.58 Å². The van der Waals surface area contributed by atoms with Gasteiger partial charge in [0.1, 0.15) is 12.7 Å². The number of carbonyl (C=O) groups excluding carboxylic acids is 1. The summed E-state index contributed by atoms with van der Waals surface area (Å²) in [6.07, 6.45) is 1.44. The van der Waals surface area contributed by atoms with Crippen LogP contribution in [0.25, 0.3) is 0 Å². The van der Waals surface area contributed by atoms with Crippen LogP contribution in [0.4, 0.5) is 0 Å². The lowest BCUT2D eigenvalue weighted by Crippen LogP contribution is -2.18. The molecule has 1 unspecified atom stereocenters. The normalized spacial score (nSPS) is 12.2. The molecule has 0 N–H and O–H groups in total. The van der Waals surface area contributed by atoms with Crippen molar-refractivity contribution in [2.24, 2.45) is 0 Å². The first-order valence-electron chi connectivity index (χ1n) is 3.58. The summed E-state index contributed by atoms with van der Waals surface area (Å²) in [5.74, 6) is -0.295. The highest BCUT2D eigenvalue weighted by atomic mass is 16.6. The maximum atomic E-state index is 10.4. The third-order valence-electron chi connectivity index (χ3n) is 1.09. The minimum Gasteiger partial charge on any atom is -0.463 e. The van der Waals surface area contributed by atoms with Crippen LogP contribution in [0.1, 0.15) is 13.8 Å². The molecule has 11 heavy (non-hydrogen) atoms. The van der Waals surface area contributed by atoms with Crippen LogP contribution in [0, 0.1) is 0 Å². The summed E-state index contributed by atoms with van der Waals surface area (Å²) in [5, 5.41) is 0. The molecule has 0 aromatic rings. The van der Waals surface area contributed by atoms with Crippen LogP contribution in [0.5, 0.6) is 0 Å². The number of carbonyl (C=O) groups is 1. The van der Waals surface area contributed by atoms with Crippen molar-refractivity contribution in [2.45, 2.75) is 20.0 Å². The highest BCUT2D eigenvalue weighted by Gasteiger charge is 2.04. The van der Waals surface area contributed by atoms with Crippen molar-refractivity contribution < 1.29 is 14.3 Å². The molecule has 0 heterocycles. The molecule has 0 aliphatic carbocycles. The number of ether oxygens (including phenoxy) is 2. The van der Waals surface area contributed by atoms with E-state index in [1.807, 2.05) is 6.92 Å². The molecular formula is C8H14O3. The molecule has 0 bridgehead atoms. The Balaban J connectivity index is 3.51. The van der Waals surface area contributed by atoms with Gasteiger partial charge in [-0.3, -0.25) is 4.79 Å². The number of esters is 1. The van der Waals surface area contributed by atoms with E-state index in [4.69, 9.17) is 9.47 Å². The average Bonchev–Trinajstić information content (AvgIpc) is 1.97. The van der Waals surface area contributed by atoms with Gasteiger partial charge in [-0.15, -0.1) is 6.58 Å². The quantitative estimate of drug-likeness (QED) is 0.444. The standard InChI is InChI=1S/C8H14O3/c1-4-8(10-5-2)6-11-7(3)9/h4,8H,1,5-6H2,2-3H3. The van der Waals surface area contributed by atoms with Crippen molar-refractivity contribution in [1.82, 2.24) is 0 Å². The minimum absolute atomic E-state index is 0.177. The van der Waals surface area contributed by atoms with Crippen LogP contribution in [0.3, 0.4) is 0 Å². The van der Waals surface area contributed by atoms with Crippen LogP contribution >= 0.6 is 0 Å². The summed E-state index contributed by atoms with van der Waals surface area (Å²) in [6, 6.07) is 0. The fourth-order valence-corrected chi connectivity index (χ4v) is 0.598. The Morgan fingerprint density at radius 3 is 2.73 bits per heavy atom. The maximum Gasteiger partial charge on any atom is 0.302 e. The Bertz CT molecular complexity index is 131. The summed E-state index contributed by atoms with van der Waals surface area (Å²) in [4.78, 5) is 10.4. The smallest absolute Gasteiger partial charge is 0.302 e. The van der Waals surface area contributed by atoms with Crippen LogP contribution in [-0.2, 0) is 14.3 Å². The first-order chi connectivity index (χ1) is 5.20. The highest BCUT2D eigenvalue weighted by Crippen LogP contribution is 1.94. The second kappa shape index (κ2) is 5.92. The first-order valence-corrected chi connectivity index (χ1v) is 3.58. The van der Waals surface area contributed by atoms with Gasteiger partial charge in [-0.1, -0.05) is 6.08 Å². The van der Waals surface area contributed by atoms with Gasteiger partial charge in [-0.05, 0) is 6.92 Å². The molecule has 0 fully saturated rings. The maximum absolute atomic E-state index is 10.4. The van der Waals surface area contributed by atoms with Gasteiger partial charge in [-0.2, -0.15) is 0 Å². The average molecular weight is 158 g/mol. The Morgan fingerprint density at radius 2 is 2.36 bits per heavy atom. The Morgan fingerprint density at radius 1 is 1.73 bits per heavy atom. The van der Waals surface area contributed by atoms with E-state index in [9.17, 15) is 4.79 Å². The second-order valence-electron chi connectivity index (χ2n) is 2.03. The van der Waals surface area contributed by atoms with Gasteiger partial charge in [0, 0.05) is 13.5 Å². The van der Waals surface area contributed by atoms with Gasteiger partial charge in [0.15, 0.2) is 0 Å². The molecule has 0 spiro atoms. The summed E-state index contributed by atoms with van der Waals surface area (Å²) in [6.45, 7) is 7.64. The summed E-state index contributed by atoms with van der Waals surface area (Å²) in [5.41, 5.74) is 0. The predicted octanol–water partition coefficient (Wildman–Crippen LogP) is 1.14. The summed E-state index contributed by atoms with van der Waals surface area (Å²) in [7, 11) is 0. The van der Waals surface area contributed by atoms with E-state index in [0.717, 1.165) is 0 Å². The Kier molecular flexibility index (Phi) is 5.47. The van der Waals surface area contributed by atoms with E-state index in [-0.39, 0.29) is 18.7 Å². The zero-order valence-corrected chi connectivity index (χ0v) is 7.00. The monoisotopic (exact) mass is 158 g/mol. The Hall–Kier alpha value is -0.830. The minimum atomic E-state index is -0.295. The van der Waals surface area contributed by atoms with E-state index >= 15 is 0 Å². The second-order valence-corrected chi connectivity index (χ2v) is 2.03. The molecule has 3 heteroatoms. The van der Waals surface area contributed by atoms with Crippen molar-refractivity contribution in [3.8, 4) is 0 Å². The van der Waals surface area contributed by atoms with Crippen molar-refractivity contribution >= 4 is 5.97 Å². The van der Waals surface area contributed by atoms with Gasteiger partial charge < -0.3 is 9.47 Å². The largest absolute Gasteiger partial charge is 0.463 e. The molecule has 0 saturated heterocycles. The lowest BCUT2D eigenvalue weighted by atomic mass is 10.4. The van der Waals surface area contributed by atoms with Gasteiger partial charge in [0.2, 0.25) is 0 Å². The Labute approximate surface area is 67.0 Å². The van der Waals surface area contributed by atoms with E-state index in [1.54, 1.807) is 6.08 Å². The van der Waals surface area contributed by atoms with Gasteiger partial charge >= 0.3 is 5.97 Å². The number of hydrogen-bond acceptors (Lipinski definition) is 3. The van der Waals surface area contributed by atoms with Crippen LogP contribution < -0.4 is 0 Å². The number of rotatable bonds is 5. The molecule has 0 saturated carbocycles. The molecular weight excluding hydrogens is 144 g/mol. The molecule has 64 valence electrons. The molecule has 0 radical (unpaired) electrons. The van der Waals surface area contributed by atoms with Crippen LogP contribution in [0.2, 0.25) is 0 Å². The third-order valence-corrected chi connectivity index (χ3v) is 1.09. The van der Waals surface area contributed by atoms with Crippen LogP contribution in [0.15, 0.2) is 12.7 Å². The molecule has 0 aliphatic rings. The zero-order valence-electron chi connectivity index (χ0n) is 7.00. The fourth-order valence-electron chi connectivity index (χ4n) is 0.598. The molecule has 0 aliphatic heterocycles. The fraction of sp³-hybridized carbons (Fsp3) is 0.625. The molecule has 0 aromatic heterocycles. The van der Waals surface area contributed by atoms with Gasteiger partial charge in [0.05, 0.1) is 0 Å². The molecule has 0 aromatic carbocycles. The lowest BCUT2D eigenvalue weighted by molar-refractivity contribution is -0.143. The van der Waals surface area contributed by atoms with Gasteiger partial charge in [-0.25, -0.2) is 0 Å². The van der Waals surface area contributed by atoms with E-state index < -0.39 is 0 Å².